The molecular weight excluding hydrogens is 336 g/mol. The number of aromatic nitrogens is 1. The fourth-order valence-electron chi connectivity index (χ4n) is 3.08. The summed E-state index contributed by atoms with van der Waals surface area (Å²) in [5.41, 5.74) is 1.07. The second-order valence-electron chi connectivity index (χ2n) is 6.29. The zero-order valence-electron chi connectivity index (χ0n) is 14.5. The molecule has 2 heterocycles. The third-order valence-electron chi connectivity index (χ3n) is 4.50. The Bertz CT molecular complexity index is 845. The summed E-state index contributed by atoms with van der Waals surface area (Å²) in [6, 6.07) is 6.09. The van der Waals surface area contributed by atoms with E-state index in [0.29, 0.717) is 43.7 Å². The fourth-order valence-corrected chi connectivity index (χ4v) is 3.08. The first-order valence-corrected chi connectivity index (χ1v) is 8.66. The van der Waals surface area contributed by atoms with Crippen LogP contribution in [-0.2, 0) is 9.59 Å². The first-order valence-electron chi connectivity index (χ1n) is 8.66. The Kier molecular flexibility index (Phi) is 5.11. The van der Waals surface area contributed by atoms with E-state index in [1.807, 2.05) is 6.92 Å². The van der Waals surface area contributed by atoms with Crippen molar-refractivity contribution in [1.82, 2.24) is 20.5 Å². The Hall–Kier alpha value is -3.03. The predicted molar refractivity (Wildman–Crippen MR) is 95.7 cm³/mol. The van der Waals surface area contributed by atoms with Crippen LogP contribution in [0.15, 0.2) is 24.3 Å². The van der Waals surface area contributed by atoms with E-state index >= 15 is 0 Å². The van der Waals surface area contributed by atoms with Gasteiger partial charge in [0.15, 0.2) is 0 Å². The number of phenolic OH excluding ortho intramolecular Hbond substituents is 1. The van der Waals surface area contributed by atoms with Crippen LogP contribution >= 0.6 is 0 Å². The molecule has 3 amide bonds. The third kappa shape index (κ3) is 3.79. The normalized spacial score (nSPS) is 16.5. The molecule has 0 bridgehead atoms. The fraction of sp³-hybridized carbons (Fsp3) is 0.389. The van der Waals surface area contributed by atoms with Crippen molar-refractivity contribution in [2.45, 2.75) is 25.8 Å². The zero-order valence-corrected chi connectivity index (χ0v) is 14.5. The molecule has 2 aromatic rings. The number of hydrogen-bond donors (Lipinski definition) is 4. The highest BCUT2D eigenvalue weighted by atomic mass is 16.3. The molecule has 26 heavy (non-hydrogen) atoms. The van der Waals surface area contributed by atoms with Crippen LogP contribution < -0.4 is 10.6 Å². The van der Waals surface area contributed by atoms with Crippen LogP contribution in [0.3, 0.4) is 0 Å². The van der Waals surface area contributed by atoms with Crippen LogP contribution in [0.5, 0.6) is 5.75 Å². The summed E-state index contributed by atoms with van der Waals surface area (Å²) in [5.74, 6) is -0.369. The summed E-state index contributed by atoms with van der Waals surface area (Å²) in [6.45, 7) is 3.04. The number of likely N-dealkylation sites (N-methyl/N-ethyl adjacent to an activating group) is 1. The van der Waals surface area contributed by atoms with Gasteiger partial charge in [0.1, 0.15) is 17.5 Å². The first kappa shape index (κ1) is 17.8. The number of amides is 3. The summed E-state index contributed by atoms with van der Waals surface area (Å²) in [6.07, 6.45) is 0.892. The van der Waals surface area contributed by atoms with Gasteiger partial charge in [-0.1, -0.05) is 0 Å². The van der Waals surface area contributed by atoms with E-state index in [1.54, 1.807) is 29.2 Å². The molecule has 1 atom stereocenters. The van der Waals surface area contributed by atoms with Gasteiger partial charge in [-0.2, -0.15) is 0 Å². The number of hydrogen-bond acceptors (Lipinski definition) is 4. The summed E-state index contributed by atoms with van der Waals surface area (Å²) in [5, 5.41) is 15.8. The first-order chi connectivity index (χ1) is 12.5. The van der Waals surface area contributed by atoms with E-state index in [4.69, 9.17) is 0 Å². The lowest BCUT2D eigenvalue weighted by Gasteiger charge is -2.24. The number of carbonyl (C=O) groups is 3. The molecule has 1 aliphatic rings. The van der Waals surface area contributed by atoms with Crippen molar-refractivity contribution in [2.24, 2.45) is 0 Å². The Morgan fingerprint density at radius 3 is 2.85 bits per heavy atom. The Morgan fingerprint density at radius 2 is 2.15 bits per heavy atom. The van der Waals surface area contributed by atoms with Gasteiger partial charge in [-0.25, -0.2) is 0 Å². The lowest BCUT2D eigenvalue weighted by Crippen LogP contribution is -2.47. The maximum atomic E-state index is 12.4. The number of rotatable bonds is 6. The molecule has 138 valence electrons. The largest absolute Gasteiger partial charge is 0.508 e. The van der Waals surface area contributed by atoms with Gasteiger partial charge < -0.3 is 25.6 Å². The number of nitrogens with one attached hydrogen (secondary N) is 3. The molecule has 4 N–H and O–H groups in total. The van der Waals surface area contributed by atoms with E-state index in [2.05, 4.69) is 15.6 Å². The number of aromatic hydroxyl groups is 1. The Morgan fingerprint density at radius 1 is 1.35 bits per heavy atom. The van der Waals surface area contributed by atoms with Crippen LogP contribution in [0, 0.1) is 0 Å². The van der Waals surface area contributed by atoms with E-state index in [0.717, 1.165) is 5.39 Å². The molecule has 0 aliphatic carbocycles. The van der Waals surface area contributed by atoms with Crippen LogP contribution in [0.2, 0.25) is 0 Å². The lowest BCUT2D eigenvalue weighted by molar-refractivity contribution is -0.134. The molecule has 1 aliphatic heterocycles. The van der Waals surface area contributed by atoms with Gasteiger partial charge in [-0.05, 0) is 31.5 Å². The standard InChI is InChI=1S/C18H22N4O4/c1-2-22(18(26)13-5-6-16(24)21-13)8-7-19-17(25)15-9-11-3-4-12(23)10-14(11)20-15/h3-4,9-10,13,20,23H,2,5-8H2,1H3,(H,19,25)(H,21,24)/t13-/m0/s1. The summed E-state index contributed by atoms with van der Waals surface area (Å²) in [4.78, 5) is 40.5. The molecule has 0 saturated carbocycles. The monoisotopic (exact) mass is 358 g/mol. The molecule has 1 fully saturated rings. The summed E-state index contributed by atoms with van der Waals surface area (Å²) in [7, 11) is 0. The van der Waals surface area contributed by atoms with Crippen LogP contribution in [0.25, 0.3) is 10.9 Å². The van der Waals surface area contributed by atoms with Gasteiger partial charge in [-0.15, -0.1) is 0 Å². The highest BCUT2D eigenvalue weighted by Crippen LogP contribution is 2.20. The topological polar surface area (TPSA) is 115 Å². The number of nitrogens with zero attached hydrogens (tertiary/aromatic N) is 1. The quantitative estimate of drug-likeness (QED) is 0.609. The predicted octanol–water partition coefficient (Wildman–Crippen LogP) is 0.730. The second-order valence-corrected chi connectivity index (χ2v) is 6.29. The third-order valence-corrected chi connectivity index (χ3v) is 4.50. The second kappa shape index (κ2) is 7.47. The van der Waals surface area contributed by atoms with Crippen LogP contribution in [-0.4, -0.2) is 58.4 Å². The molecule has 1 saturated heterocycles. The molecule has 0 spiro atoms. The molecular formula is C18H22N4O4. The Labute approximate surface area is 150 Å². The van der Waals surface area contributed by atoms with Crippen molar-refractivity contribution in [3.05, 3.63) is 30.0 Å². The number of fused-ring (bicyclic) bond motifs is 1. The van der Waals surface area contributed by atoms with Gasteiger partial charge >= 0.3 is 0 Å². The number of benzene rings is 1. The molecule has 8 nitrogen and oxygen atoms in total. The van der Waals surface area contributed by atoms with Gasteiger partial charge in [0.25, 0.3) is 5.91 Å². The summed E-state index contributed by atoms with van der Waals surface area (Å²) < 4.78 is 0. The highest BCUT2D eigenvalue weighted by Gasteiger charge is 2.30. The SMILES string of the molecule is CCN(CCNC(=O)c1cc2ccc(O)cc2[nH]1)C(=O)[C@@H]1CCC(=O)N1. The van der Waals surface area contributed by atoms with Crippen LogP contribution in [0.1, 0.15) is 30.3 Å². The molecule has 1 aromatic heterocycles. The molecule has 0 unspecified atom stereocenters. The molecule has 8 heteroatoms. The van der Waals surface area contributed by atoms with E-state index in [1.165, 1.54) is 0 Å². The molecule has 3 rings (SSSR count). The van der Waals surface area contributed by atoms with E-state index in [-0.39, 0.29) is 23.5 Å². The maximum absolute atomic E-state index is 12.4. The van der Waals surface area contributed by atoms with Crippen LogP contribution in [0.4, 0.5) is 0 Å². The lowest BCUT2D eigenvalue weighted by atomic mass is 10.2. The molecule has 0 radical (unpaired) electrons. The zero-order chi connectivity index (χ0) is 18.7. The van der Waals surface area contributed by atoms with E-state index < -0.39 is 6.04 Å². The van der Waals surface area contributed by atoms with Crippen molar-refractivity contribution in [3.63, 3.8) is 0 Å². The van der Waals surface area contributed by atoms with Crippen molar-refractivity contribution >= 4 is 28.6 Å². The van der Waals surface area contributed by atoms with Crippen molar-refractivity contribution in [3.8, 4) is 5.75 Å². The minimum atomic E-state index is -0.459. The average Bonchev–Trinajstić information content (AvgIpc) is 3.23. The minimum Gasteiger partial charge on any atom is -0.508 e. The van der Waals surface area contributed by atoms with Gasteiger partial charge in [0.05, 0.1) is 0 Å². The molecule has 1 aromatic carbocycles. The van der Waals surface area contributed by atoms with Gasteiger partial charge in [0.2, 0.25) is 11.8 Å². The number of carbonyl (C=O) groups excluding carboxylic acids is 3. The maximum Gasteiger partial charge on any atom is 0.267 e. The average molecular weight is 358 g/mol. The van der Waals surface area contributed by atoms with Gasteiger partial charge in [-0.3, -0.25) is 14.4 Å². The Balaban J connectivity index is 1.54. The van der Waals surface area contributed by atoms with Gasteiger partial charge in [0, 0.05) is 43.0 Å². The highest BCUT2D eigenvalue weighted by molar-refractivity contribution is 5.98. The smallest absolute Gasteiger partial charge is 0.267 e. The van der Waals surface area contributed by atoms with Crippen molar-refractivity contribution in [1.29, 1.82) is 0 Å². The van der Waals surface area contributed by atoms with E-state index in [9.17, 15) is 19.5 Å². The minimum absolute atomic E-state index is 0.0995. The number of H-pyrrole nitrogens is 1. The number of phenols is 1. The number of aromatic amines is 1. The van der Waals surface area contributed by atoms with Crippen molar-refractivity contribution in [2.75, 3.05) is 19.6 Å². The summed E-state index contributed by atoms with van der Waals surface area (Å²) >= 11 is 0. The van der Waals surface area contributed by atoms with Crippen molar-refractivity contribution < 1.29 is 19.5 Å².